The molecule has 2 aromatic rings. The van der Waals surface area contributed by atoms with Crippen molar-refractivity contribution in [3.05, 3.63) is 65.6 Å². The van der Waals surface area contributed by atoms with Crippen molar-refractivity contribution < 1.29 is 0 Å². The number of rotatable bonds is 5. The fourth-order valence-electron chi connectivity index (χ4n) is 2.23. The Morgan fingerprint density at radius 3 is 2.62 bits per heavy atom. The first-order chi connectivity index (χ1) is 10.0. The smallest absolute Gasteiger partial charge is 0.0449 e. The molecule has 5 heteroatoms. The standard InChI is InChI=1S/C16H15BrCl2IN/c1-2-21-16(13-9-12(18)5-6-15(13)20)7-10-3-4-11(17)8-14(10)19/h3-6,8-9,16,21H,2,7H2,1H3. The molecule has 0 fully saturated rings. The van der Waals surface area contributed by atoms with Gasteiger partial charge in [-0.05, 0) is 77.0 Å². The monoisotopic (exact) mass is 497 g/mol. The molecule has 0 heterocycles. The average molecular weight is 499 g/mol. The molecule has 1 atom stereocenters. The molecular weight excluding hydrogens is 484 g/mol. The topological polar surface area (TPSA) is 12.0 Å². The molecule has 0 aliphatic carbocycles. The molecule has 0 aliphatic rings. The second-order valence-electron chi connectivity index (χ2n) is 4.72. The molecule has 1 nitrogen and oxygen atoms in total. The van der Waals surface area contributed by atoms with E-state index in [2.05, 4.69) is 56.8 Å². The third-order valence-corrected chi connectivity index (χ3v) is 5.29. The predicted octanol–water partition coefficient (Wildman–Crippen LogP) is 6.25. The minimum Gasteiger partial charge on any atom is -0.310 e. The van der Waals surface area contributed by atoms with Crippen LogP contribution in [0.2, 0.25) is 10.0 Å². The maximum atomic E-state index is 6.35. The Morgan fingerprint density at radius 2 is 1.95 bits per heavy atom. The summed E-state index contributed by atoms with van der Waals surface area (Å²) in [5, 5.41) is 5.06. The Morgan fingerprint density at radius 1 is 1.19 bits per heavy atom. The highest BCUT2D eigenvalue weighted by Crippen LogP contribution is 2.29. The SMILES string of the molecule is CCNC(Cc1ccc(Br)cc1Cl)c1cc(Cl)ccc1I. The molecule has 21 heavy (non-hydrogen) atoms. The lowest BCUT2D eigenvalue weighted by Gasteiger charge is -2.21. The molecule has 0 aliphatic heterocycles. The summed E-state index contributed by atoms with van der Waals surface area (Å²) in [5.41, 5.74) is 2.34. The van der Waals surface area contributed by atoms with E-state index in [9.17, 15) is 0 Å². The van der Waals surface area contributed by atoms with Crippen molar-refractivity contribution in [2.24, 2.45) is 0 Å². The Hall–Kier alpha value is 0.190. The van der Waals surface area contributed by atoms with Crippen molar-refractivity contribution in [2.75, 3.05) is 6.54 Å². The van der Waals surface area contributed by atoms with E-state index in [0.717, 1.165) is 33.0 Å². The highest BCUT2D eigenvalue weighted by atomic mass is 127. The zero-order chi connectivity index (χ0) is 15.4. The number of halogens is 4. The molecule has 0 aromatic heterocycles. The molecule has 0 bridgehead atoms. The van der Waals surface area contributed by atoms with Crippen LogP contribution >= 0.6 is 61.7 Å². The lowest BCUT2D eigenvalue weighted by molar-refractivity contribution is 0.548. The summed E-state index contributed by atoms with van der Waals surface area (Å²) in [6.45, 7) is 3.00. The zero-order valence-electron chi connectivity index (χ0n) is 11.5. The van der Waals surface area contributed by atoms with E-state index in [-0.39, 0.29) is 6.04 Å². The summed E-state index contributed by atoms with van der Waals surface area (Å²) >= 11 is 18.3. The van der Waals surface area contributed by atoms with Gasteiger partial charge in [-0.1, -0.05) is 52.1 Å². The van der Waals surface area contributed by atoms with Gasteiger partial charge >= 0.3 is 0 Å². The predicted molar refractivity (Wildman–Crippen MR) is 103 cm³/mol. The van der Waals surface area contributed by atoms with Crippen LogP contribution in [-0.4, -0.2) is 6.54 Å². The maximum Gasteiger partial charge on any atom is 0.0449 e. The van der Waals surface area contributed by atoms with E-state index in [1.54, 1.807) is 0 Å². The first kappa shape index (κ1) is 17.5. The van der Waals surface area contributed by atoms with Gasteiger partial charge in [-0.25, -0.2) is 0 Å². The molecule has 2 aromatic carbocycles. The number of likely N-dealkylation sites (N-methyl/N-ethyl adjacent to an activating group) is 1. The maximum absolute atomic E-state index is 6.35. The minimum absolute atomic E-state index is 0.194. The van der Waals surface area contributed by atoms with Gasteiger partial charge < -0.3 is 5.32 Å². The third kappa shape index (κ3) is 4.83. The second-order valence-corrected chi connectivity index (χ2v) is 7.64. The summed E-state index contributed by atoms with van der Waals surface area (Å²) in [7, 11) is 0. The Labute approximate surface area is 157 Å². The summed E-state index contributed by atoms with van der Waals surface area (Å²) in [5.74, 6) is 0. The van der Waals surface area contributed by atoms with Crippen molar-refractivity contribution in [3.8, 4) is 0 Å². The van der Waals surface area contributed by atoms with E-state index in [1.165, 1.54) is 9.13 Å². The highest BCUT2D eigenvalue weighted by molar-refractivity contribution is 14.1. The molecular formula is C16H15BrCl2IN. The van der Waals surface area contributed by atoms with Gasteiger partial charge in [0.2, 0.25) is 0 Å². The normalized spacial score (nSPS) is 12.4. The van der Waals surface area contributed by atoms with Gasteiger partial charge in [0.25, 0.3) is 0 Å². The molecule has 0 saturated carbocycles. The summed E-state index contributed by atoms with van der Waals surface area (Å²) in [6.07, 6.45) is 0.830. The van der Waals surface area contributed by atoms with Crippen molar-refractivity contribution in [3.63, 3.8) is 0 Å². The first-order valence-electron chi connectivity index (χ1n) is 6.63. The summed E-state index contributed by atoms with van der Waals surface area (Å²) in [6, 6.07) is 12.2. The third-order valence-electron chi connectivity index (χ3n) is 3.22. The van der Waals surface area contributed by atoms with Gasteiger partial charge in [-0.3, -0.25) is 0 Å². The van der Waals surface area contributed by atoms with Gasteiger partial charge in [0, 0.05) is 24.1 Å². The van der Waals surface area contributed by atoms with E-state index in [1.807, 2.05) is 30.3 Å². The fourth-order valence-corrected chi connectivity index (χ4v) is 3.87. The molecule has 0 spiro atoms. The van der Waals surface area contributed by atoms with Crippen LogP contribution in [0.4, 0.5) is 0 Å². The lowest BCUT2D eigenvalue weighted by atomic mass is 9.99. The van der Waals surface area contributed by atoms with Crippen LogP contribution in [-0.2, 0) is 6.42 Å². The quantitative estimate of drug-likeness (QED) is 0.480. The van der Waals surface area contributed by atoms with Crippen LogP contribution in [0.25, 0.3) is 0 Å². The van der Waals surface area contributed by atoms with Crippen molar-refractivity contribution >= 4 is 61.7 Å². The van der Waals surface area contributed by atoms with Gasteiger partial charge in [-0.15, -0.1) is 0 Å². The van der Waals surface area contributed by atoms with E-state index >= 15 is 0 Å². The van der Waals surface area contributed by atoms with Gasteiger partial charge in [0.1, 0.15) is 0 Å². The molecule has 1 N–H and O–H groups in total. The second kappa shape index (κ2) is 8.16. The van der Waals surface area contributed by atoms with E-state index < -0.39 is 0 Å². The van der Waals surface area contributed by atoms with Gasteiger partial charge in [0.15, 0.2) is 0 Å². The van der Waals surface area contributed by atoms with Crippen LogP contribution in [0.15, 0.2) is 40.9 Å². The largest absolute Gasteiger partial charge is 0.310 e. The molecule has 2 rings (SSSR count). The fraction of sp³-hybridized carbons (Fsp3) is 0.250. The number of benzene rings is 2. The Kier molecular flexibility index (Phi) is 6.81. The highest BCUT2D eigenvalue weighted by Gasteiger charge is 2.16. The number of hydrogen-bond donors (Lipinski definition) is 1. The van der Waals surface area contributed by atoms with E-state index in [4.69, 9.17) is 23.2 Å². The molecule has 1 unspecified atom stereocenters. The van der Waals surface area contributed by atoms with Gasteiger partial charge in [-0.2, -0.15) is 0 Å². The summed E-state index contributed by atoms with van der Waals surface area (Å²) in [4.78, 5) is 0. The van der Waals surface area contributed by atoms with Crippen LogP contribution < -0.4 is 5.32 Å². The van der Waals surface area contributed by atoms with Crippen LogP contribution in [0.3, 0.4) is 0 Å². The van der Waals surface area contributed by atoms with Crippen LogP contribution in [0.5, 0.6) is 0 Å². The molecule has 0 amide bonds. The zero-order valence-corrected chi connectivity index (χ0v) is 16.7. The summed E-state index contributed by atoms with van der Waals surface area (Å²) < 4.78 is 2.20. The van der Waals surface area contributed by atoms with Crippen molar-refractivity contribution in [1.29, 1.82) is 0 Å². The first-order valence-corrected chi connectivity index (χ1v) is 9.26. The Balaban J connectivity index is 2.32. The minimum atomic E-state index is 0.194. The number of hydrogen-bond acceptors (Lipinski definition) is 1. The molecule has 112 valence electrons. The van der Waals surface area contributed by atoms with Crippen LogP contribution in [0.1, 0.15) is 24.1 Å². The van der Waals surface area contributed by atoms with Gasteiger partial charge in [0.05, 0.1) is 0 Å². The average Bonchev–Trinajstić information content (AvgIpc) is 2.44. The molecule has 0 radical (unpaired) electrons. The molecule has 0 saturated heterocycles. The Bertz CT molecular complexity index is 634. The van der Waals surface area contributed by atoms with Crippen molar-refractivity contribution in [1.82, 2.24) is 5.32 Å². The van der Waals surface area contributed by atoms with E-state index in [0.29, 0.717) is 0 Å². The number of nitrogens with one attached hydrogen (secondary N) is 1. The van der Waals surface area contributed by atoms with Crippen molar-refractivity contribution in [2.45, 2.75) is 19.4 Å². The van der Waals surface area contributed by atoms with Crippen LogP contribution in [0, 0.1) is 3.57 Å². The lowest BCUT2D eigenvalue weighted by Crippen LogP contribution is -2.24.